The molecular weight excluding hydrogens is 374 g/mol. The van der Waals surface area contributed by atoms with E-state index < -0.39 is 39.0 Å². The number of hydrogen-bond donors (Lipinski definition) is 3. The predicted octanol–water partition coefficient (Wildman–Crippen LogP) is 1.25. The first-order valence-corrected chi connectivity index (χ1v) is 10.2. The van der Waals surface area contributed by atoms with Crippen LogP contribution in [0.5, 0.6) is 5.75 Å². The van der Waals surface area contributed by atoms with Crippen molar-refractivity contribution < 1.29 is 32.9 Å². The molecule has 1 fully saturated rings. The third kappa shape index (κ3) is 5.57. The van der Waals surface area contributed by atoms with Crippen LogP contribution in [0.25, 0.3) is 0 Å². The van der Waals surface area contributed by atoms with Gasteiger partial charge in [-0.05, 0) is 51.8 Å². The first-order valence-electron chi connectivity index (χ1n) is 8.72. The van der Waals surface area contributed by atoms with Gasteiger partial charge in [-0.15, -0.1) is 0 Å². The van der Waals surface area contributed by atoms with E-state index in [9.17, 15) is 23.4 Å². The molecule has 1 aromatic rings. The molecule has 3 N–H and O–H groups in total. The molecule has 1 aromatic carbocycles. The van der Waals surface area contributed by atoms with Crippen molar-refractivity contribution in [3.63, 3.8) is 0 Å². The van der Waals surface area contributed by atoms with Gasteiger partial charge in [0, 0.05) is 0 Å². The molecule has 1 amide bonds. The van der Waals surface area contributed by atoms with Crippen molar-refractivity contribution in [1.82, 2.24) is 5.32 Å². The molecule has 1 aliphatic carbocycles. The molecule has 152 valence electrons. The van der Waals surface area contributed by atoms with Gasteiger partial charge < -0.3 is 25.0 Å². The fourth-order valence-electron chi connectivity index (χ4n) is 2.40. The van der Waals surface area contributed by atoms with E-state index in [2.05, 4.69) is 5.32 Å². The number of aliphatic hydroxyl groups is 2. The van der Waals surface area contributed by atoms with E-state index >= 15 is 0 Å². The van der Waals surface area contributed by atoms with Crippen LogP contribution in [-0.4, -0.2) is 60.9 Å². The lowest BCUT2D eigenvalue weighted by Crippen LogP contribution is -2.38. The Balaban J connectivity index is 1.89. The highest BCUT2D eigenvalue weighted by Gasteiger charge is 2.54. The highest BCUT2D eigenvalue weighted by atomic mass is 32.2. The molecule has 8 nitrogen and oxygen atoms in total. The zero-order valence-electron chi connectivity index (χ0n) is 15.8. The lowest BCUT2D eigenvalue weighted by atomic mass is 10.2. The van der Waals surface area contributed by atoms with Gasteiger partial charge in [0.2, 0.25) is 0 Å². The molecule has 0 saturated heterocycles. The summed E-state index contributed by atoms with van der Waals surface area (Å²) in [7, 11) is -3.64. The Bertz CT molecular complexity index is 766. The van der Waals surface area contributed by atoms with E-state index in [4.69, 9.17) is 9.47 Å². The molecule has 0 spiro atoms. The second-order valence-electron chi connectivity index (χ2n) is 7.67. The summed E-state index contributed by atoms with van der Waals surface area (Å²) in [6.07, 6.45) is -0.767. The van der Waals surface area contributed by atoms with Crippen molar-refractivity contribution in [2.45, 2.75) is 55.0 Å². The minimum absolute atomic E-state index is 0.0689. The van der Waals surface area contributed by atoms with Crippen molar-refractivity contribution in [3.8, 4) is 5.75 Å². The fraction of sp³-hybridized carbons (Fsp3) is 0.611. The van der Waals surface area contributed by atoms with E-state index in [-0.39, 0.29) is 23.8 Å². The summed E-state index contributed by atoms with van der Waals surface area (Å²) in [5, 5.41) is 21.7. The van der Waals surface area contributed by atoms with Crippen molar-refractivity contribution in [1.29, 1.82) is 0 Å². The Hall–Kier alpha value is -1.84. The van der Waals surface area contributed by atoms with Crippen LogP contribution in [0.2, 0.25) is 0 Å². The van der Waals surface area contributed by atoms with Gasteiger partial charge in [0.05, 0.1) is 22.8 Å². The van der Waals surface area contributed by atoms with Crippen LogP contribution >= 0.6 is 0 Å². The number of nitrogens with one attached hydrogen (secondary N) is 1. The minimum Gasteiger partial charge on any atom is -0.491 e. The summed E-state index contributed by atoms with van der Waals surface area (Å²) in [6.45, 7) is 4.58. The smallest absolute Gasteiger partial charge is 0.407 e. The summed E-state index contributed by atoms with van der Waals surface area (Å²) in [5.41, 5.74) is -0.634. The molecule has 0 aromatic heterocycles. The summed E-state index contributed by atoms with van der Waals surface area (Å²) in [6, 6.07) is 5.95. The van der Waals surface area contributed by atoms with Gasteiger partial charge >= 0.3 is 6.09 Å². The molecule has 0 bridgehead atoms. The third-order valence-corrected chi connectivity index (χ3v) is 6.66. The van der Waals surface area contributed by atoms with Crippen molar-refractivity contribution >= 4 is 15.9 Å². The number of carbonyl (C=O) groups excluding carboxylic acids is 1. The van der Waals surface area contributed by atoms with Crippen LogP contribution in [0.1, 0.15) is 33.6 Å². The summed E-state index contributed by atoms with van der Waals surface area (Å²) in [4.78, 5) is 11.6. The monoisotopic (exact) mass is 401 g/mol. The highest BCUT2D eigenvalue weighted by Crippen LogP contribution is 2.46. The van der Waals surface area contributed by atoms with E-state index in [0.29, 0.717) is 12.8 Å². The van der Waals surface area contributed by atoms with Crippen molar-refractivity contribution in [2.75, 3.05) is 19.8 Å². The lowest BCUT2D eigenvalue weighted by molar-refractivity contribution is 0.0462. The maximum absolute atomic E-state index is 12.6. The van der Waals surface area contributed by atoms with Crippen LogP contribution in [-0.2, 0) is 14.6 Å². The Morgan fingerprint density at radius 2 is 2.00 bits per heavy atom. The number of rotatable bonds is 8. The maximum atomic E-state index is 12.6. The number of aliphatic hydroxyl groups excluding tert-OH is 2. The number of hydrogen-bond acceptors (Lipinski definition) is 7. The van der Waals surface area contributed by atoms with E-state index in [1.165, 1.54) is 12.1 Å². The van der Waals surface area contributed by atoms with Gasteiger partial charge in [0.15, 0.2) is 9.84 Å². The molecule has 0 heterocycles. The van der Waals surface area contributed by atoms with Crippen LogP contribution in [0.3, 0.4) is 0 Å². The SMILES string of the molecule is CC(C)(C)OC(=O)NC[C@H](O)COc1cccc(S(=O)(=O)C2(CO)CC2)c1. The molecule has 1 aliphatic rings. The van der Waals surface area contributed by atoms with Crippen LogP contribution in [0, 0.1) is 0 Å². The van der Waals surface area contributed by atoms with Gasteiger partial charge in [-0.2, -0.15) is 0 Å². The average Bonchev–Trinajstić information content (AvgIpc) is 3.38. The van der Waals surface area contributed by atoms with E-state index in [1.54, 1.807) is 32.9 Å². The molecule has 1 saturated carbocycles. The molecule has 9 heteroatoms. The number of benzene rings is 1. The van der Waals surface area contributed by atoms with E-state index in [1.807, 2.05) is 0 Å². The fourth-order valence-corrected chi connectivity index (χ4v) is 4.24. The molecule has 1 atom stereocenters. The first-order chi connectivity index (χ1) is 12.5. The largest absolute Gasteiger partial charge is 0.491 e. The van der Waals surface area contributed by atoms with Gasteiger partial charge in [-0.25, -0.2) is 13.2 Å². The van der Waals surface area contributed by atoms with Gasteiger partial charge in [-0.3, -0.25) is 0 Å². The van der Waals surface area contributed by atoms with Gasteiger partial charge in [0.1, 0.15) is 24.1 Å². The molecule has 27 heavy (non-hydrogen) atoms. The molecule has 0 aliphatic heterocycles. The standard InChI is InChI=1S/C18H27NO7S/c1-17(2,3)26-16(22)19-10-13(21)11-25-14-5-4-6-15(9-14)27(23,24)18(12-20)7-8-18/h4-6,9,13,20-21H,7-8,10-12H2,1-3H3,(H,19,22)/t13-/m0/s1. The van der Waals surface area contributed by atoms with Gasteiger partial charge in [-0.1, -0.05) is 6.07 Å². The Labute approximate surface area is 159 Å². The minimum atomic E-state index is -3.64. The number of carbonyl (C=O) groups is 1. The number of alkyl carbamates (subject to hydrolysis) is 1. The van der Waals surface area contributed by atoms with Crippen LogP contribution in [0.15, 0.2) is 29.2 Å². The molecule has 0 unspecified atom stereocenters. The maximum Gasteiger partial charge on any atom is 0.407 e. The highest BCUT2D eigenvalue weighted by molar-refractivity contribution is 7.93. The van der Waals surface area contributed by atoms with Crippen LogP contribution < -0.4 is 10.1 Å². The number of sulfone groups is 1. The molecular formula is C18H27NO7S. The normalized spacial score (nSPS) is 17.1. The Kier molecular flexibility index (Phi) is 6.39. The van der Waals surface area contributed by atoms with Crippen molar-refractivity contribution in [3.05, 3.63) is 24.3 Å². The average molecular weight is 401 g/mol. The number of ether oxygens (including phenoxy) is 2. The Morgan fingerprint density at radius 1 is 1.33 bits per heavy atom. The Morgan fingerprint density at radius 3 is 2.56 bits per heavy atom. The first kappa shape index (κ1) is 21.5. The predicted molar refractivity (Wildman–Crippen MR) is 98.4 cm³/mol. The second kappa shape index (κ2) is 8.04. The number of amides is 1. The van der Waals surface area contributed by atoms with Crippen LogP contribution in [0.4, 0.5) is 4.79 Å². The summed E-state index contributed by atoms with van der Waals surface area (Å²) in [5.74, 6) is 0.279. The molecule has 2 rings (SSSR count). The quantitative estimate of drug-likeness (QED) is 0.599. The topological polar surface area (TPSA) is 122 Å². The summed E-state index contributed by atoms with van der Waals surface area (Å²) >= 11 is 0. The second-order valence-corrected chi connectivity index (χ2v) is 10.0. The lowest BCUT2D eigenvalue weighted by Gasteiger charge is -2.20. The van der Waals surface area contributed by atoms with E-state index in [0.717, 1.165) is 0 Å². The third-order valence-electron chi connectivity index (χ3n) is 4.10. The van der Waals surface area contributed by atoms with Gasteiger partial charge in [0.25, 0.3) is 0 Å². The zero-order chi connectivity index (χ0) is 20.3. The molecule has 0 radical (unpaired) electrons. The van der Waals surface area contributed by atoms with Crippen molar-refractivity contribution in [2.24, 2.45) is 0 Å². The zero-order valence-corrected chi connectivity index (χ0v) is 16.6. The summed E-state index contributed by atoms with van der Waals surface area (Å²) < 4.78 is 34.6.